The maximum absolute atomic E-state index is 12.6. The molecule has 5 heteroatoms. The zero-order valence-corrected chi connectivity index (χ0v) is 14.8. The largest absolute Gasteiger partial charge is 0.351 e. The van der Waals surface area contributed by atoms with Crippen LogP contribution in [0.4, 0.5) is 0 Å². The normalized spacial score (nSPS) is 15.0. The van der Waals surface area contributed by atoms with Gasteiger partial charge in [-0.1, -0.05) is 38.1 Å². The van der Waals surface area contributed by atoms with Crippen LogP contribution < -0.4 is 11.1 Å². The minimum absolute atomic E-state index is 0.0158. The Morgan fingerprint density at radius 1 is 1.25 bits per heavy atom. The lowest BCUT2D eigenvalue weighted by atomic mass is 9.81. The minimum Gasteiger partial charge on any atom is -0.351 e. The van der Waals surface area contributed by atoms with E-state index < -0.39 is 5.41 Å². The Labute approximate surface area is 144 Å². The highest BCUT2D eigenvalue weighted by atomic mass is 16.2. The second-order valence-electron chi connectivity index (χ2n) is 6.56. The lowest BCUT2D eigenvalue weighted by Gasteiger charge is -2.28. The van der Waals surface area contributed by atoms with Crippen LogP contribution in [-0.2, 0) is 22.7 Å². The Morgan fingerprint density at radius 2 is 1.92 bits per heavy atom. The van der Waals surface area contributed by atoms with Crippen LogP contribution in [0.3, 0.4) is 0 Å². The number of nitrogens with zero attached hydrogens (tertiary/aromatic N) is 1. The fourth-order valence-corrected chi connectivity index (χ4v) is 3.28. The van der Waals surface area contributed by atoms with Gasteiger partial charge in [-0.2, -0.15) is 0 Å². The molecule has 0 aliphatic carbocycles. The number of nitrogens with two attached hydrogens (primary N) is 1. The van der Waals surface area contributed by atoms with Gasteiger partial charge in [-0.25, -0.2) is 0 Å². The molecular weight excluding hydrogens is 302 g/mol. The van der Waals surface area contributed by atoms with Gasteiger partial charge in [-0.15, -0.1) is 0 Å². The van der Waals surface area contributed by atoms with Crippen molar-refractivity contribution in [1.82, 2.24) is 10.2 Å². The van der Waals surface area contributed by atoms with Crippen LogP contribution in [0.15, 0.2) is 24.3 Å². The SMILES string of the molecule is CCC(CC)(CN)C(=O)NCc1ccccc1CN1CCCC1=O. The number of hydrogen-bond acceptors (Lipinski definition) is 3. The van der Waals surface area contributed by atoms with Crippen molar-refractivity contribution in [3.63, 3.8) is 0 Å². The number of likely N-dealkylation sites (tertiary alicyclic amines) is 1. The fourth-order valence-electron chi connectivity index (χ4n) is 3.28. The van der Waals surface area contributed by atoms with Gasteiger partial charge in [0.1, 0.15) is 0 Å². The van der Waals surface area contributed by atoms with E-state index in [2.05, 4.69) is 5.32 Å². The predicted octanol–water partition coefficient (Wildman–Crippen LogP) is 2.19. The third-order valence-electron chi connectivity index (χ3n) is 5.32. The molecule has 0 bridgehead atoms. The molecule has 132 valence electrons. The van der Waals surface area contributed by atoms with Gasteiger partial charge in [0.05, 0.1) is 5.41 Å². The number of carbonyl (C=O) groups excluding carboxylic acids is 2. The Hall–Kier alpha value is -1.88. The third-order valence-corrected chi connectivity index (χ3v) is 5.32. The highest BCUT2D eigenvalue weighted by molar-refractivity contribution is 5.82. The number of hydrogen-bond donors (Lipinski definition) is 2. The van der Waals surface area contributed by atoms with Crippen LogP contribution in [0.2, 0.25) is 0 Å². The quantitative estimate of drug-likeness (QED) is 0.767. The topological polar surface area (TPSA) is 75.4 Å². The lowest BCUT2D eigenvalue weighted by Crippen LogP contribution is -2.45. The first kappa shape index (κ1) is 18.5. The van der Waals surface area contributed by atoms with E-state index in [-0.39, 0.29) is 11.8 Å². The molecule has 1 aliphatic heterocycles. The summed E-state index contributed by atoms with van der Waals surface area (Å²) in [6.07, 6.45) is 3.04. The van der Waals surface area contributed by atoms with Crippen LogP contribution in [0.5, 0.6) is 0 Å². The zero-order valence-electron chi connectivity index (χ0n) is 14.8. The van der Waals surface area contributed by atoms with Crippen LogP contribution in [0.1, 0.15) is 50.7 Å². The molecule has 3 N–H and O–H groups in total. The molecule has 1 aromatic carbocycles. The summed E-state index contributed by atoms with van der Waals surface area (Å²) in [6.45, 7) is 6.27. The summed E-state index contributed by atoms with van der Waals surface area (Å²) in [5, 5.41) is 3.05. The summed E-state index contributed by atoms with van der Waals surface area (Å²) >= 11 is 0. The van der Waals surface area contributed by atoms with Gasteiger partial charge in [0.25, 0.3) is 0 Å². The molecule has 1 aromatic rings. The number of nitrogens with one attached hydrogen (secondary N) is 1. The first-order valence-corrected chi connectivity index (χ1v) is 8.89. The van der Waals surface area contributed by atoms with Crippen molar-refractivity contribution in [3.8, 4) is 0 Å². The van der Waals surface area contributed by atoms with Crippen LogP contribution in [0, 0.1) is 5.41 Å². The molecule has 0 aromatic heterocycles. The highest BCUT2D eigenvalue weighted by Gasteiger charge is 2.33. The van der Waals surface area contributed by atoms with E-state index in [1.54, 1.807) is 0 Å². The molecule has 0 unspecified atom stereocenters. The van der Waals surface area contributed by atoms with Crippen molar-refractivity contribution in [2.45, 2.75) is 52.6 Å². The maximum atomic E-state index is 12.6. The first-order valence-electron chi connectivity index (χ1n) is 8.89. The summed E-state index contributed by atoms with van der Waals surface area (Å²) in [5.74, 6) is 0.231. The molecular formula is C19H29N3O2. The number of amides is 2. The summed E-state index contributed by atoms with van der Waals surface area (Å²) in [4.78, 5) is 26.3. The smallest absolute Gasteiger partial charge is 0.227 e. The van der Waals surface area contributed by atoms with Gasteiger partial charge in [0.15, 0.2) is 0 Å². The van der Waals surface area contributed by atoms with E-state index in [9.17, 15) is 9.59 Å². The van der Waals surface area contributed by atoms with E-state index in [1.807, 2.05) is 43.0 Å². The molecule has 5 nitrogen and oxygen atoms in total. The molecule has 0 spiro atoms. The number of rotatable bonds is 8. The molecule has 2 amide bonds. The zero-order chi connectivity index (χ0) is 17.6. The van der Waals surface area contributed by atoms with Crippen molar-refractivity contribution in [1.29, 1.82) is 0 Å². The number of benzene rings is 1. The van der Waals surface area contributed by atoms with Crippen LogP contribution >= 0.6 is 0 Å². The second-order valence-corrected chi connectivity index (χ2v) is 6.56. The summed E-state index contributed by atoms with van der Waals surface area (Å²) < 4.78 is 0. The molecule has 1 heterocycles. The van der Waals surface area contributed by atoms with Gasteiger partial charge in [-0.05, 0) is 30.4 Å². The predicted molar refractivity (Wildman–Crippen MR) is 95.0 cm³/mol. The van der Waals surface area contributed by atoms with Crippen molar-refractivity contribution in [2.24, 2.45) is 11.1 Å². The molecule has 1 fully saturated rings. The molecule has 2 rings (SSSR count). The van der Waals surface area contributed by atoms with Gasteiger partial charge in [0, 0.05) is 32.6 Å². The Balaban J connectivity index is 2.05. The average molecular weight is 331 g/mol. The van der Waals surface area contributed by atoms with Gasteiger partial charge < -0.3 is 16.0 Å². The minimum atomic E-state index is -0.486. The van der Waals surface area contributed by atoms with Gasteiger partial charge in [-0.3, -0.25) is 9.59 Å². The van der Waals surface area contributed by atoms with Crippen molar-refractivity contribution < 1.29 is 9.59 Å². The Bertz CT molecular complexity index is 573. The second kappa shape index (κ2) is 8.29. The summed E-state index contributed by atoms with van der Waals surface area (Å²) in [7, 11) is 0. The third kappa shape index (κ3) is 3.96. The standard InChI is InChI=1S/C19H29N3O2/c1-3-19(4-2,14-20)18(24)21-12-15-8-5-6-9-16(15)13-22-11-7-10-17(22)23/h5-6,8-9H,3-4,7,10-14,20H2,1-2H3,(H,21,24). The summed E-state index contributed by atoms with van der Waals surface area (Å²) in [5.41, 5.74) is 7.52. The molecule has 1 saturated heterocycles. The van der Waals surface area contributed by atoms with Gasteiger partial charge in [0.2, 0.25) is 11.8 Å². The fraction of sp³-hybridized carbons (Fsp3) is 0.579. The number of carbonyl (C=O) groups is 2. The molecule has 1 aliphatic rings. The van der Waals surface area contributed by atoms with Gasteiger partial charge >= 0.3 is 0 Å². The van der Waals surface area contributed by atoms with E-state index >= 15 is 0 Å². The maximum Gasteiger partial charge on any atom is 0.227 e. The Morgan fingerprint density at radius 3 is 2.46 bits per heavy atom. The first-order chi connectivity index (χ1) is 11.6. The summed E-state index contributed by atoms with van der Waals surface area (Å²) in [6, 6.07) is 7.98. The molecule has 0 atom stereocenters. The van der Waals surface area contributed by atoms with E-state index in [0.717, 1.165) is 36.9 Å². The monoisotopic (exact) mass is 331 g/mol. The van der Waals surface area contributed by atoms with Crippen molar-refractivity contribution in [2.75, 3.05) is 13.1 Å². The molecule has 0 saturated carbocycles. The average Bonchev–Trinajstić information content (AvgIpc) is 3.01. The Kier molecular flexibility index (Phi) is 6.37. The lowest BCUT2D eigenvalue weighted by molar-refractivity contribution is -0.131. The molecule has 0 radical (unpaired) electrons. The van der Waals surface area contributed by atoms with E-state index in [0.29, 0.717) is 26.1 Å². The van der Waals surface area contributed by atoms with Crippen LogP contribution in [-0.4, -0.2) is 29.8 Å². The van der Waals surface area contributed by atoms with E-state index in [4.69, 9.17) is 5.73 Å². The highest BCUT2D eigenvalue weighted by Crippen LogP contribution is 2.25. The van der Waals surface area contributed by atoms with Crippen molar-refractivity contribution >= 4 is 11.8 Å². The van der Waals surface area contributed by atoms with Crippen molar-refractivity contribution in [3.05, 3.63) is 35.4 Å². The van der Waals surface area contributed by atoms with Crippen LogP contribution in [0.25, 0.3) is 0 Å². The molecule has 24 heavy (non-hydrogen) atoms. The van der Waals surface area contributed by atoms with E-state index in [1.165, 1.54) is 0 Å².